The van der Waals surface area contributed by atoms with Crippen molar-refractivity contribution in [3.63, 3.8) is 0 Å². The quantitative estimate of drug-likeness (QED) is 0.778. The predicted octanol–water partition coefficient (Wildman–Crippen LogP) is 4.44. The molecule has 0 heterocycles. The number of rotatable bonds is 3. The van der Waals surface area contributed by atoms with E-state index in [2.05, 4.69) is 27.9 Å². The van der Waals surface area contributed by atoms with Crippen molar-refractivity contribution in [2.75, 3.05) is 0 Å². The van der Waals surface area contributed by atoms with Crippen LogP contribution >= 0.6 is 34.2 Å². The number of halogens is 2. The Hall–Kier alpha value is -1.07. The first kappa shape index (κ1) is 14.3. The summed E-state index contributed by atoms with van der Waals surface area (Å²) in [5, 5.41) is 3.62. The zero-order valence-corrected chi connectivity index (χ0v) is 13.3. The monoisotopic (exact) mass is 385 g/mol. The van der Waals surface area contributed by atoms with E-state index in [0.29, 0.717) is 10.6 Å². The van der Waals surface area contributed by atoms with E-state index in [0.717, 1.165) is 9.13 Å². The van der Waals surface area contributed by atoms with Gasteiger partial charge >= 0.3 is 0 Å². The molecule has 2 aromatic carbocycles. The van der Waals surface area contributed by atoms with Crippen LogP contribution in [0, 0.1) is 3.57 Å². The van der Waals surface area contributed by atoms with Gasteiger partial charge in [-0.1, -0.05) is 35.9 Å². The van der Waals surface area contributed by atoms with Gasteiger partial charge in [-0.25, -0.2) is 0 Å². The fraction of sp³-hybridized carbons (Fsp3) is 0.133. The topological polar surface area (TPSA) is 29.1 Å². The van der Waals surface area contributed by atoms with Gasteiger partial charge < -0.3 is 5.32 Å². The van der Waals surface area contributed by atoms with Crippen LogP contribution in [-0.4, -0.2) is 5.91 Å². The van der Waals surface area contributed by atoms with Crippen LogP contribution in [0.1, 0.15) is 28.9 Å². The SMILES string of the molecule is C[C@H](NC(=O)c1cccc(I)c1)c1ccccc1Cl. The molecule has 1 amide bonds. The molecule has 98 valence electrons. The Morgan fingerprint density at radius 2 is 1.95 bits per heavy atom. The van der Waals surface area contributed by atoms with Gasteiger partial charge in [0.1, 0.15) is 0 Å². The van der Waals surface area contributed by atoms with Gasteiger partial charge in [0, 0.05) is 14.2 Å². The molecule has 0 radical (unpaired) electrons. The van der Waals surface area contributed by atoms with Gasteiger partial charge in [0.05, 0.1) is 6.04 Å². The van der Waals surface area contributed by atoms with Crippen LogP contribution in [0.25, 0.3) is 0 Å². The molecule has 0 bridgehead atoms. The van der Waals surface area contributed by atoms with Crippen LogP contribution in [0.4, 0.5) is 0 Å². The van der Waals surface area contributed by atoms with Crippen molar-refractivity contribution in [3.05, 3.63) is 68.3 Å². The highest BCUT2D eigenvalue weighted by atomic mass is 127. The smallest absolute Gasteiger partial charge is 0.251 e. The third-order valence-corrected chi connectivity index (χ3v) is 3.82. The van der Waals surface area contributed by atoms with E-state index >= 15 is 0 Å². The minimum atomic E-state index is -0.126. The van der Waals surface area contributed by atoms with Gasteiger partial charge in [0.15, 0.2) is 0 Å². The molecule has 0 aliphatic carbocycles. The first-order chi connectivity index (χ1) is 9.08. The summed E-state index contributed by atoms with van der Waals surface area (Å²) in [7, 11) is 0. The van der Waals surface area contributed by atoms with E-state index in [4.69, 9.17) is 11.6 Å². The number of benzene rings is 2. The van der Waals surface area contributed by atoms with Crippen molar-refractivity contribution in [1.82, 2.24) is 5.32 Å². The first-order valence-corrected chi connectivity index (χ1v) is 7.34. The van der Waals surface area contributed by atoms with E-state index in [9.17, 15) is 4.79 Å². The average Bonchev–Trinajstić information content (AvgIpc) is 2.39. The molecule has 0 fully saturated rings. The molecule has 0 spiro atoms. The maximum absolute atomic E-state index is 12.1. The Morgan fingerprint density at radius 1 is 1.21 bits per heavy atom. The summed E-state index contributed by atoms with van der Waals surface area (Å²) >= 11 is 8.31. The third-order valence-electron chi connectivity index (χ3n) is 2.81. The number of amides is 1. The van der Waals surface area contributed by atoms with E-state index in [1.165, 1.54) is 0 Å². The summed E-state index contributed by atoms with van der Waals surface area (Å²) < 4.78 is 1.04. The number of carbonyl (C=O) groups is 1. The van der Waals surface area contributed by atoms with E-state index in [-0.39, 0.29) is 11.9 Å². The van der Waals surface area contributed by atoms with Gasteiger partial charge in [-0.2, -0.15) is 0 Å². The standard InChI is InChI=1S/C15H13ClINO/c1-10(13-7-2-3-8-14(13)16)18-15(19)11-5-4-6-12(17)9-11/h2-10H,1H3,(H,18,19)/t10-/m0/s1. The molecule has 19 heavy (non-hydrogen) atoms. The number of nitrogens with one attached hydrogen (secondary N) is 1. The molecule has 1 atom stereocenters. The fourth-order valence-corrected chi connectivity index (χ4v) is 2.66. The van der Waals surface area contributed by atoms with Crippen molar-refractivity contribution in [2.45, 2.75) is 13.0 Å². The second kappa shape index (κ2) is 6.39. The maximum atomic E-state index is 12.1. The van der Waals surface area contributed by atoms with Crippen LogP contribution in [0.2, 0.25) is 5.02 Å². The molecule has 0 unspecified atom stereocenters. The minimum absolute atomic E-state index is 0.0917. The van der Waals surface area contributed by atoms with Gasteiger partial charge in [-0.05, 0) is 59.3 Å². The van der Waals surface area contributed by atoms with Crippen LogP contribution in [0.15, 0.2) is 48.5 Å². The lowest BCUT2D eigenvalue weighted by Crippen LogP contribution is -2.26. The zero-order valence-electron chi connectivity index (χ0n) is 10.4. The van der Waals surface area contributed by atoms with Gasteiger partial charge in [0.2, 0.25) is 0 Å². The fourth-order valence-electron chi connectivity index (χ4n) is 1.81. The number of hydrogen-bond acceptors (Lipinski definition) is 1. The van der Waals surface area contributed by atoms with Crippen LogP contribution in [-0.2, 0) is 0 Å². The van der Waals surface area contributed by atoms with Crippen LogP contribution < -0.4 is 5.32 Å². The minimum Gasteiger partial charge on any atom is -0.345 e. The van der Waals surface area contributed by atoms with Crippen molar-refractivity contribution in [2.24, 2.45) is 0 Å². The second-order valence-electron chi connectivity index (χ2n) is 4.23. The van der Waals surface area contributed by atoms with Gasteiger partial charge in [-0.15, -0.1) is 0 Å². The summed E-state index contributed by atoms with van der Waals surface area (Å²) in [6.45, 7) is 1.92. The molecule has 0 saturated heterocycles. The molecule has 1 N–H and O–H groups in total. The Labute approximate surface area is 131 Å². The highest BCUT2D eigenvalue weighted by molar-refractivity contribution is 14.1. The van der Waals surface area contributed by atoms with Crippen molar-refractivity contribution in [3.8, 4) is 0 Å². The van der Waals surface area contributed by atoms with Crippen molar-refractivity contribution >= 4 is 40.1 Å². The van der Waals surface area contributed by atoms with Crippen molar-refractivity contribution < 1.29 is 4.79 Å². The maximum Gasteiger partial charge on any atom is 0.251 e. The Kier molecular flexibility index (Phi) is 4.82. The molecular weight excluding hydrogens is 373 g/mol. The molecule has 0 aliphatic rings. The first-order valence-electron chi connectivity index (χ1n) is 5.89. The van der Waals surface area contributed by atoms with E-state index < -0.39 is 0 Å². The Morgan fingerprint density at radius 3 is 2.63 bits per heavy atom. The van der Waals surface area contributed by atoms with E-state index in [1.54, 1.807) is 6.07 Å². The van der Waals surface area contributed by atoms with Gasteiger partial charge in [-0.3, -0.25) is 4.79 Å². The summed E-state index contributed by atoms with van der Waals surface area (Å²) in [6, 6.07) is 14.9. The van der Waals surface area contributed by atoms with Gasteiger partial charge in [0.25, 0.3) is 5.91 Å². The Balaban J connectivity index is 2.13. The summed E-state index contributed by atoms with van der Waals surface area (Å²) in [4.78, 5) is 12.1. The molecule has 0 aliphatic heterocycles. The molecule has 0 aromatic heterocycles. The van der Waals surface area contributed by atoms with Crippen LogP contribution in [0.3, 0.4) is 0 Å². The lowest BCUT2D eigenvalue weighted by atomic mass is 10.1. The lowest BCUT2D eigenvalue weighted by Gasteiger charge is -2.15. The molecule has 2 nitrogen and oxygen atoms in total. The normalized spacial score (nSPS) is 11.9. The summed E-state index contributed by atoms with van der Waals surface area (Å²) in [6.07, 6.45) is 0. The second-order valence-corrected chi connectivity index (χ2v) is 5.88. The lowest BCUT2D eigenvalue weighted by molar-refractivity contribution is 0.0940. The zero-order chi connectivity index (χ0) is 13.8. The molecule has 0 saturated carbocycles. The molecule has 2 rings (SSSR count). The summed E-state index contributed by atoms with van der Waals surface area (Å²) in [5.41, 5.74) is 1.58. The largest absolute Gasteiger partial charge is 0.345 e. The van der Waals surface area contributed by atoms with Crippen LogP contribution in [0.5, 0.6) is 0 Å². The average molecular weight is 386 g/mol. The highest BCUT2D eigenvalue weighted by Crippen LogP contribution is 2.22. The third kappa shape index (κ3) is 3.70. The molecule has 4 heteroatoms. The summed E-state index contributed by atoms with van der Waals surface area (Å²) in [5.74, 6) is -0.0917. The highest BCUT2D eigenvalue weighted by Gasteiger charge is 2.13. The molecule has 2 aromatic rings. The van der Waals surface area contributed by atoms with E-state index in [1.807, 2.05) is 49.4 Å². The predicted molar refractivity (Wildman–Crippen MR) is 86.5 cm³/mol. The van der Waals surface area contributed by atoms with Crippen molar-refractivity contribution in [1.29, 1.82) is 0 Å². The number of hydrogen-bond donors (Lipinski definition) is 1. The Bertz CT molecular complexity index is 600. The molecular formula is C15H13ClINO. The number of carbonyl (C=O) groups excluding carboxylic acids is 1.